The average Bonchev–Trinajstić information content (AvgIpc) is 2.28. The number of methoxy groups -OCH3 is 1. The second-order valence-electron chi connectivity index (χ2n) is 3.67. The molecule has 1 aromatic rings. The second kappa shape index (κ2) is 6.49. The molecule has 0 amide bonds. The largest absolute Gasteiger partial charge is 0.495 e. The van der Waals surface area contributed by atoms with Crippen LogP contribution in [0.5, 0.6) is 5.75 Å². The number of benzene rings is 1. The van der Waals surface area contributed by atoms with Gasteiger partial charge in [0.1, 0.15) is 11.8 Å². The van der Waals surface area contributed by atoms with Gasteiger partial charge in [-0.3, -0.25) is 0 Å². The molecule has 0 heterocycles. The van der Waals surface area contributed by atoms with E-state index in [1.165, 1.54) is 0 Å². The Balaban J connectivity index is 2.91. The molecule has 4 nitrogen and oxygen atoms in total. The molecule has 0 saturated heterocycles. The Morgan fingerprint density at radius 3 is 2.82 bits per heavy atom. The van der Waals surface area contributed by atoms with Crippen LogP contribution in [0.25, 0.3) is 0 Å². The van der Waals surface area contributed by atoms with E-state index in [0.29, 0.717) is 17.9 Å². The lowest BCUT2D eigenvalue weighted by Crippen LogP contribution is -2.29. The normalized spacial score (nSPS) is 11.9. The lowest BCUT2D eigenvalue weighted by atomic mass is 10.1. The summed E-state index contributed by atoms with van der Waals surface area (Å²) >= 11 is 3.35. The molecule has 0 aromatic heterocycles. The van der Waals surface area contributed by atoms with Crippen LogP contribution in [0, 0.1) is 0 Å². The molecule has 5 heteroatoms. The third-order valence-electron chi connectivity index (χ3n) is 2.37. The summed E-state index contributed by atoms with van der Waals surface area (Å²) in [5.74, 6) is -0.218. The molecule has 1 unspecified atom stereocenters. The van der Waals surface area contributed by atoms with Gasteiger partial charge in [0.15, 0.2) is 0 Å². The van der Waals surface area contributed by atoms with Gasteiger partial charge in [-0.15, -0.1) is 0 Å². The molecule has 2 N–H and O–H groups in total. The van der Waals surface area contributed by atoms with Crippen LogP contribution in [0.4, 0.5) is 5.69 Å². The van der Waals surface area contributed by atoms with Crippen molar-refractivity contribution in [3.05, 3.63) is 22.7 Å². The summed E-state index contributed by atoms with van der Waals surface area (Å²) in [5.41, 5.74) is 0.683. The first kappa shape index (κ1) is 13.8. The monoisotopic (exact) mass is 301 g/mol. The molecule has 0 spiro atoms. The molecule has 0 saturated carbocycles. The first-order valence-electron chi connectivity index (χ1n) is 5.41. The van der Waals surface area contributed by atoms with E-state index in [9.17, 15) is 4.79 Å². The van der Waals surface area contributed by atoms with Crippen LogP contribution in [-0.4, -0.2) is 24.2 Å². The first-order valence-corrected chi connectivity index (χ1v) is 6.20. The predicted molar refractivity (Wildman–Crippen MR) is 70.6 cm³/mol. The standard InChI is InChI=1S/C12H16BrNO3/c1-3-4-9(12(15)16)14-10-7-8(13)5-6-11(10)17-2/h5-7,9,14H,3-4H2,1-2H3,(H,15,16). The van der Waals surface area contributed by atoms with E-state index in [2.05, 4.69) is 21.2 Å². The highest BCUT2D eigenvalue weighted by Crippen LogP contribution is 2.28. The lowest BCUT2D eigenvalue weighted by molar-refractivity contribution is -0.138. The topological polar surface area (TPSA) is 58.6 Å². The summed E-state index contributed by atoms with van der Waals surface area (Å²) in [6.45, 7) is 1.95. The van der Waals surface area contributed by atoms with E-state index in [4.69, 9.17) is 9.84 Å². The van der Waals surface area contributed by atoms with Gasteiger partial charge in [-0.1, -0.05) is 29.3 Å². The zero-order chi connectivity index (χ0) is 12.8. The molecule has 0 aliphatic heterocycles. The molecule has 1 aromatic carbocycles. The van der Waals surface area contributed by atoms with Crippen molar-refractivity contribution < 1.29 is 14.6 Å². The maximum atomic E-state index is 11.1. The van der Waals surface area contributed by atoms with Crippen LogP contribution in [0.2, 0.25) is 0 Å². The van der Waals surface area contributed by atoms with Crippen LogP contribution >= 0.6 is 15.9 Å². The van der Waals surface area contributed by atoms with E-state index in [1.54, 1.807) is 13.2 Å². The molecule has 0 aliphatic carbocycles. The number of carboxylic acids is 1. The number of aliphatic carboxylic acids is 1. The zero-order valence-corrected chi connectivity index (χ0v) is 11.5. The molecule has 0 fully saturated rings. The molecule has 0 bridgehead atoms. The Morgan fingerprint density at radius 1 is 1.59 bits per heavy atom. The SMILES string of the molecule is CCCC(Nc1cc(Br)ccc1OC)C(=O)O. The molecule has 0 aliphatic rings. The van der Waals surface area contributed by atoms with E-state index in [1.807, 2.05) is 19.1 Å². The van der Waals surface area contributed by atoms with Gasteiger partial charge in [-0.25, -0.2) is 4.79 Å². The van der Waals surface area contributed by atoms with Gasteiger partial charge in [-0.05, 0) is 24.6 Å². The van der Waals surface area contributed by atoms with Crippen LogP contribution in [-0.2, 0) is 4.79 Å². The quantitative estimate of drug-likeness (QED) is 0.847. The number of rotatable bonds is 6. The molecule has 1 rings (SSSR count). The number of carbonyl (C=O) groups is 1. The summed E-state index contributed by atoms with van der Waals surface area (Å²) in [6, 6.07) is 4.85. The summed E-state index contributed by atoms with van der Waals surface area (Å²) in [5, 5.41) is 12.1. The summed E-state index contributed by atoms with van der Waals surface area (Å²) in [6.07, 6.45) is 1.38. The number of anilines is 1. The van der Waals surface area contributed by atoms with E-state index >= 15 is 0 Å². The number of nitrogens with one attached hydrogen (secondary N) is 1. The number of ether oxygens (including phenoxy) is 1. The van der Waals surface area contributed by atoms with Crippen LogP contribution < -0.4 is 10.1 Å². The van der Waals surface area contributed by atoms with Crippen LogP contribution in [0.3, 0.4) is 0 Å². The highest BCUT2D eigenvalue weighted by atomic mass is 79.9. The molecule has 0 radical (unpaired) electrons. The Labute approximate surface area is 109 Å². The minimum absolute atomic E-state index is 0.574. The Bertz CT molecular complexity index is 395. The van der Waals surface area contributed by atoms with Crippen molar-refractivity contribution in [3.63, 3.8) is 0 Å². The molecular weight excluding hydrogens is 286 g/mol. The zero-order valence-electron chi connectivity index (χ0n) is 9.87. The Hall–Kier alpha value is -1.23. The van der Waals surface area contributed by atoms with E-state index in [0.717, 1.165) is 10.9 Å². The minimum atomic E-state index is -0.853. The van der Waals surface area contributed by atoms with Crippen molar-refractivity contribution >= 4 is 27.6 Å². The number of hydrogen-bond acceptors (Lipinski definition) is 3. The summed E-state index contributed by atoms with van der Waals surface area (Å²) < 4.78 is 6.06. The molecule has 94 valence electrons. The van der Waals surface area contributed by atoms with E-state index < -0.39 is 12.0 Å². The van der Waals surface area contributed by atoms with Gasteiger partial charge in [0, 0.05) is 4.47 Å². The van der Waals surface area contributed by atoms with Crippen molar-refractivity contribution in [2.75, 3.05) is 12.4 Å². The average molecular weight is 302 g/mol. The van der Waals surface area contributed by atoms with Crippen molar-refractivity contribution in [3.8, 4) is 5.75 Å². The lowest BCUT2D eigenvalue weighted by Gasteiger charge is -2.17. The number of halogens is 1. The predicted octanol–water partition coefficient (Wildman–Crippen LogP) is 3.12. The second-order valence-corrected chi connectivity index (χ2v) is 4.58. The van der Waals surface area contributed by atoms with Gasteiger partial charge >= 0.3 is 5.97 Å². The number of carboxylic acid groups (broad SMARTS) is 1. The first-order chi connectivity index (χ1) is 8.08. The van der Waals surface area contributed by atoms with Crippen LogP contribution in [0.1, 0.15) is 19.8 Å². The maximum absolute atomic E-state index is 11.1. The third-order valence-corrected chi connectivity index (χ3v) is 2.86. The van der Waals surface area contributed by atoms with Gasteiger partial charge < -0.3 is 15.2 Å². The van der Waals surface area contributed by atoms with Gasteiger partial charge in [0.25, 0.3) is 0 Å². The molecular formula is C12H16BrNO3. The Morgan fingerprint density at radius 2 is 2.29 bits per heavy atom. The van der Waals surface area contributed by atoms with Crippen molar-refractivity contribution in [2.45, 2.75) is 25.8 Å². The fourth-order valence-electron chi connectivity index (χ4n) is 1.53. The molecule has 17 heavy (non-hydrogen) atoms. The fourth-order valence-corrected chi connectivity index (χ4v) is 1.89. The highest BCUT2D eigenvalue weighted by molar-refractivity contribution is 9.10. The minimum Gasteiger partial charge on any atom is -0.495 e. The van der Waals surface area contributed by atoms with Crippen molar-refractivity contribution in [2.24, 2.45) is 0 Å². The van der Waals surface area contributed by atoms with Crippen molar-refractivity contribution in [1.82, 2.24) is 0 Å². The van der Waals surface area contributed by atoms with Gasteiger partial charge in [-0.2, -0.15) is 0 Å². The third kappa shape index (κ3) is 3.93. The maximum Gasteiger partial charge on any atom is 0.326 e. The number of hydrogen-bond donors (Lipinski definition) is 2. The fraction of sp³-hybridized carbons (Fsp3) is 0.417. The summed E-state index contributed by atoms with van der Waals surface area (Å²) in [4.78, 5) is 11.1. The van der Waals surface area contributed by atoms with E-state index in [-0.39, 0.29) is 0 Å². The highest BCUT2D eigenvalue weighted by Gasteiger charge is 2.17. The van der Waals surface area contributed by atoms with Crippen LogP contribution in [0.15, 0.2) is 22.7 Å². The smallest absolute Gasteiger partial charge is 0.326 e. The van der Waals surface area contributed by atoms with Crippen molar-refractivity contribution in [1.29, 1.82) is 0 Å². The Kier molecular flexibility index (Phi) is 5.28. The van der Waals surface area contributed by atoms with Gasteiger partial charge in [0.05, 0.1) is 12.8 Å². The van der Waals surface area contributed by atoms with Gasteiger partial charge in [0.2, 0.25) is 0 Å². The summed E-state index contributed by atoms with van der Waals surface area (Å²) in [7, 11) is 1.56. The molecule has 1 atom stereocenters.